The number of H-pyrrole nitrogens is 1. The van der Waals surface area contributed by atoms with Gasteiger partial charge in [-0.3, -0.25) is 4.79 Å². The van der Waals surface area contributed by atoms with E-state index < -0.39 is 0 Å². The third-order valence-corrected chi connectivity index (χ3v) is 9.00. The van der Waals surface area contributed by atoms with Gasteiger partial charge in [-0.15, -0.1) is 11.3 Å². The van der Waals surface area contributed by atoms with Gasteiger partial charge in [0.1, 0.15) is 10.8 Å². The Morgan fingerprint density at radius 1 is 0.844 bits per heavy atom. The first-order chi connectivity index (χ1) is 15.6. The van der Waals surface area contributed by atoms with Gasteiger partial charge in [-0.05, 0) is 68.4 Å². The van der Waals surface area contributed by atoms with Gasteiger partial charge in [0.05, 0.1) is 16.6 Å². The Labute approximate surface area is 190 Å². The lowest BCUT2D eigenvalue weighted by Gasteiger charge is -2.56. The molecule has 4 bridgehead atoms. The zero-order chi connectivity index (χ0) is 21.3. The highest BCUT2D eigenvalue weighted by Crippen LogP contribution is 2.60. The van der Waals surface area contributed by atoms with Crippen molar-refractivity contribution in [1.82, 2.24) is 15.0 Å². The van der Waals surface area contributed by atoms with Crippen molar-refractivity contribution in [2.45, 2.75) is 43.9 Å². The molecular weight excluding hydrogens is 414 g/mol. The van der Waals surface area contributed by atoms with Crippen molar-refractivity contribution < 1.29 is 0 Å². The van der Waals surface area contributed by atoms with Gasteiger partial charge in [-0.25, -0.2) is 9.97 Å². The number of nitrogens with zero attached hydrogens (tertiary/aromatic N) is 2. The molecule has 0 unspecified atom stereocenters. The number of nitrogens with one attached hydrogen (secondary N) is 1. The molecule has 8 rings (SSSR count). The highest BCUT2D eigenvalue weighted by molar-refractivity contribution is 7.13. The molecule has 0 atom stereocenters. The Hall–Kier alpha value is -2.79. The average Bonchev–Trinajstić information content (AvgIpc) is 3.30. The lowest BCUT2D eigenvalue weighted by molar-refractivity contribution is -0.00689. The molecule has 32 heavy (non-hydrogen) atoms. The SMILES string of the molecule is O=c1[nH]c(-c2ccc(-c3nc(C45CC6CC(CC(C6)C4)C5)cs3)cc2)nc2ccccc12. The molecule has 2 aromatic heterocycles. The second-order valence-electron chi connectivity index (χ2n) is 10.2. The van der Waals surface area contributed by atoms with Gasteiger partial charge in [-0.2, -0.15) is 0 Å². The van der Waals surface area contributed by atoms with Crippen LogP contribution in [0.4, 0.5) is 0 Å². The fraction of sp³-hybridized carbons (Fsp3) is 0.370. The van der Waals surface area contributed by atoms with Gasteiger partial charge in [0.25, 0.3) is 5.56 Å². The number of hydrogen-bond acceptors (Lipinski definition) is 4. The van der Waals surface area contributed by atoms with Crippen LogP contribution in [0.1, 0.15) is 44.2 Å². The summed E-state index contributed by atoms with van der Waals surface area (Å²) >= 11 is 1.77. The Morgan fingerprint density at radius 2 is 1.50 bits per heavy atom. The van der Waals surface area contributed by atoms with Gasteiger partial charge in [0.2, 0.25) is 0 Å². The largest absolute Gasteiger partial charge is 0.306 e. The molecular formula is C27H25N3OS. The summed E-state index contributed by atoms with van der Waals surface area (Å²) in [5.74, 6) is 3.40. The molecule has 4 aromatic rings. The maximum Gasteiger partial charge on any atom is 0.259 e. The maximum atomic E-state index is 12.4. The van der Waals surface area contributed by atoms with Crippen LogP contribution >= 0.6 is 11.3 Å². The topological polar surface area (TPSA) is 58.6 Å². The van der Waals surface area contributed by atoms with Gasteiger partial charge >= 0.3 is 0 Å². The van der Waals surface area contributed by atoms with Crippen molar-refractivity contribution >= 4 is 22.2 Å². The summed E-state index contributed by atoms with van der Waals surface area (Å²) in [6.07, 6.45) is 8.43. The fourth-order valence-electron chi connectivity index (χ4n) is 7.07. The molecule has 0 aliphatic heterocycles. The van der Waals surface area contributed by atoms with Crippen LogP contribution in [0.25, 0.3) is 32.9 Å². The van der Waals surface area contributed by atoms with Gasteiger partial charge in [-0.1, -0.05) is 36.4 Å². The standard InChI is InChI=1S/C27H25N3OS/c31-25-21-3-1-2-4-22(21)28-24(30-25)19-5-7-20(8-6-19)26-29-23(15-32-26)27-12-16-9-17(13-27)11-18(10-16)14-27/h1-8,15-18H,9-14H2,(H,28,30,31). The lowest BCUT2D eigenvalue weighted by Crippen LogP contribution is -2.48. The summed E-state index contributed by atoms with van der Waals surface area (Å²) in [5.41, 5.74) is 4.36. The van der Waals surface area contributed by atoms with E-state index in [9.17, 15) is 4.79 Å². The van der Waals surface area contributed by atoms with E-state index in [-0.39, 0.29) is 5.56 Å². The number of aromatic nitrogens is 3. The van der Waals surface area contributed by atoms with Crippen LogP contribution in [-0.4, -0.2) is 15.0 Å². The molecule has 0 saturated heterocycles. The number of fused-ring (bicyclic) bond motifs is 1. The molecule has 1 N–H and O–H groups in total. The molecule has 4 nitrogen and oxygen atoms in total. The van der Waals surface area contributed by atoms with Crippen molar-refractivity contribution in [3.63, 3.8) is 0 Å². The van der Waals surface area contributed by atoms with Gasteiger partial charge in [0.15, 0.2) is 0 Å². The first-order valence-electron chi connectivity index (χ1n) is 11.7. The van der Waals surface area contributed by atoms with Gasteiger partial charge in [0, 0.05) is 21.9 Å². The smallest absolute Gasteiger partial charge is 0.259 e. The number of rotatable bonds is 3. The zero-order valence-corrected chi connectivity index (χ0v) is 18.7. The highest BCUT2D eigenvalue weighted by atomic mass is 32.1. The monoisotopic (exact) mass is 439 g/mol. The Morgan fingerprint density at radius 3 is 2.22 bits per heavy atom. The minimum absolute atomic E-state index is 0.102. The molecule has 0 amide bonds. The third kappa shape index (κ3) is 2.91. The van der Waals surface area contributed by atoms with Crippen LogP contribution in [0.2, 0.25) is 0 Å². The number of thiazole rings is 1. The van der Waals surface area contributed by atoms with Crippen LogP contribution in [-0.2, 0) is 5.41 Å². The van der Waals surface area contributed by atoms with Crippen molar-refractivity contribution in [1.29, 1.82) is 0 Å². The van der Waals surface area contributed by atoms with E-state index in [0.717, 1.165) is 39.4 Å². The predicted octanol–water partition coefficient (Wildman–Crippen LogP) is 6.18. The van der Waals surface area contributed by atoms with E-state index in [0.29, 0.717) is 16.6 Å². The minimum Gasteiger partial charge on any atom is -0.306 e. The van der Waals surface area contributed by atoms with Crippen molar-refractivity contribution in [3.8, 4) is 22.0 Å². The van der Waals surface area contributed by atoms with Crippen LogP contribution in [0.15, 0.2) is 58.7 Å². The molecule has 0 spiro atoms. The molecule has 2 aromatic carbocycles. The molecule has 5 heteroatoms. The van der Waals surface area contributed by atoms with Gasteiger partial charge < -0.3 is 4.98 Å². The summed E-state index contributed by atoms with van der Waals surface area (Å²) in [6, 6.07) is 15.7. The van der Waals surface area contributed by atoms with E-state index in [1.165, 1.54) is 44.2 Å². The summed E-state index contributed by atoms with van der Waals surface area (Å²) in [5, 5.41) is 4.05. The second-order valence-corrected chi connectivity index (χ2v) is 11.1. The summed E-state index contributed by atoms with van der Waals surface area (Å²) in [6.45, 7) is 0. The van der Waals surface area contributed by atoms with Crippen LogP contribution in [0.3, 0.4) is 0 Å². The molecule has 2 heterocycles. The van der Waals surface area contributed by atoms with E-state index >= 15 is 0 Å². The van der Waals surface area contributed by atoms with E-state index in [2.05, 4.69) is 27.5 Å². The van der Waals surface area contributed by atoms with Crippen molar-refractivity contribution in [2.75, 3.05) is 0 Å². The van der Waals surface area contributed by atoms with E-state index in [1.54, 1.807) is 17.4 Å². The third-order valence-electron chi connectivity index (χ3n) is 8.10. The summed E-state index contributed by atoms with van der Waals surface area (Å²) < 4.78 is 0. The average molecular weight is 440 g/mol. The Kier molecular flexibility index (Phi) is 4.01. The maximum absolute atomic E-state index is 12.4. The van der Waals surface area contributed by atoms with Crippen LogP contribution in [0.5, 0.6) is 0 Å². The molecule has 0 radical (unpaired) electrons. The number of aromatic amines is 1. The fourth-order valence-corrected chi connectivity index (χ4v) is 8.02. The number of para-hydroxylation sites is 1. The minimum atomic E-state index is -0.102. The molecule has 4 fully saturated rings. The first kappa shape index (κ1) is 18.8. The van der Waals surface area contributed by atoms with E-state index in [1.807, 2.05) is 30.3 Å². The lowest BCUT2D eigenvalue weighted by atomic mass is 9.49. The van der Waals surface area contributed by atoms with E-state index in [4.69, 9.17) is 4.98 Å². The Bertz CT molecular complexity index is 1350. The van der Waals surface area contributed by atoms with Crippen LogP contribution < -0.4 is 5.56 Å². The summed E-state index contributed by atoms with van der Waals surface area (Å²) in [4.78, 5) is 25.2. The summed E-state index contributed by atoms with van der Waals surface area (Å²) in [7, 11) is 0. The van der Waals surface area contributed by atoms with Crippen LogP contribution in [0, 0.1) is 17.8 Å². The van der Waals surface area contributed by atoms with Crippen molar-refractivity contribution in [3.05, 3.63) is 70.0 Å². The normalized spacial score (nSPS) is 28.4. The molecule has 4 aliphatic carbocycles. The predicted molar refractivity (Wildman–Crippen MR) is 129 cm³/mol. The second kappa shape index (κ2) is 6.85. The Balaban J connectivity index is 1.19. The quantitative estimate of drug-likeness (QED) is 0.415. The molecule has 160 valence electrons. The molecule has 4 saturated carbocycles. The number of hydrogen-bond donors (Lipinski definition) is 1. The zero-order valence-electron chi connectivity index (χ0n) is 17.9. The highest BCUT2D eigenvalue weighted by Gasteiger charge is 2.52. The molecule has 4 aliphatic rings. The van der Waals surface area contributed by atoms with Crippen molar-refractivity contribution in [2.24, 2.45) is 17.8 Å². The number of benzene rings is 2. The first-order valence-corrected chi connectivity index (χ1v) is 12.6.